The highest BCUT2D eigenvalue weighted by Crippen LogP contribution is 2.22. The van der Waals surface area contributed by atoms with Gasteiger partial charge in [0.1, 0.15) is 0 Å². The quantitative estimate of drug-likeness (QED) is 0.882. The van der Waals surface area contributed by atoms with Crippen LogP contribution in [0.25, 0.3) is 0 Å². The van der Waals surface area contributed by atoms with E-state index in [-0.39, 0.29) is 29.1 Å². The van der Waals surface area contributed by atoms with Crippen molar-refractivity contribution in [1.29, 1.82) is 0 Å². The largest absolute Gasteiger partial charge is 0.378 e. The van der Waals surface area contributed by atoms with E-state index in [4.69, 9.17) is 16.3 Å². The highest BCUT2D eigenvalue weighted by molar-refractivity contribution is 6.31. The predicted molar refractivity (Wildman–Crippen MR) is 67.3 cm³/mol. The number of nitrogens with one attached hydrogen (secondary N) is 2. The van der Waals surface area contributed by atoms with Crippen molar-refractivity contribution < 1.29 is 13.9 Å². The standard InChI is InChI=1S/C12H14ClFN2O2/c13-9-2-1-3-10(12(9)14)16-11(17)6-8-7-18-5-4-15-8/h1-3,8,15H,4-7H2,(H,16,17). The third-order valence-electron chi connectivity index (χ3n) is 2.66. The molecular formula is C12H14ClFN2O2. The molecule has 1 fully saturated rings. The number of morpholine rings is 1. The summed E-state index contributed by atoms with van der Waals surface area (Å²) < 4.78 is 18.8. The highest BCUT2D eigenvalue weighted by atomic mass is 35.5. The van der Waals surface area contributed by atoms with E-state index in [1.165, 1.54) is 12.1 Å². The molecule has 0 saturated carbocycles. The molecule has 0 aromatic heterocycles. The molecule has 1 unspecified atom stereocenters. The number of hydrogen-bond acceptors (Lipinski definition) is 3. The average Bonchev–Trinajstić information content (AvgIpc) is 2.36. The lowest BCUT2D eigenvalue weighted by atomic mass is 10.2. The van der Waals surface area contributed by atoms with Crippen molar-refractivity contribution in [3.8, 4) is 0 Å². The maximum atomic E-state index is 13.6. The third kappa shape index (κ3) is 3.41. The van der Waals surface area contributed by atoms with E-state index >= 15 is 0 Å². The number of halogens is 2. The summed E-state index contributed by atoms with van der Waals surface area (Å²) in [6.45, 7) is 1.87. The van der Waals surface area contributed by atoms with Crippen molar-refractivity contribution in [1.82, 2.24) is 5.32 Å². The normalized spacial score (nSPS) is 19.6. The molecule has 18 heavy (non-hydrogen) atoms. The number of rotatable bonds is 3. The van der Waals surface area contributed by atoms with Gasteiger partial charge in [0.05, 0.1) is 23.9 Å². The number of carbonyl (C=O) groups is 1. The molecule has 1 aromatic rings. The molecule has 1 atom stereocenters. The summed E-state index contributed by atoms with van der Waals surface area (Å²) in [5.41, 5.74) is 0.101. The van der Waals surface area contributed by atoms with Gasteiger partial charge in [-0.05, 0) is 12.1 Å². The van der Waals surface area contributed by atoms with Crippen LogP contribution in [-0.4, -0.2) is 31.7 Å². The van der Waals surface area contributed by atoms with E-state index in [2.05, 4.69) is 10.6 Å². The number of ether oxygens (including phenoxy) is 1. The Morgan fingerprint density at radius 1 is 1.61 bits per heavy atom. The summed E-state index contributed by atoms with van der Waals surface area (Å²) in [6.07, 6.45) is 0.242. The van der Waals surface area contributed by atoms with Gasteiger partial charge in [-0.1, -0.05) is 17.7 Å². The van der Waals surface area contributed by atoms with Gasteiger partial charge in [-0.25, -0.2) is 4.39 Å². The van der Waals surface area contributed by atoms with Gasteiger partial charge in [-0.2, -0.15) is 0 Å². The lowest BCUT2D eigenvalue weighted by Gasteiger charge is -2.23. The SMILES string of the molecule is O=C(CC1COCCN1)Nc1cccc(Cl)c1F. The van der Waals surface area contributed by atoms with Crippen LogP contribution in [0.15, 0.2) is 18.2 Å². The molecule has 1 aromatic carbocycles. The Balaban J connectivity index is 1.92. The van der Waals surface area contributed by atoms with E-state index in [0.29, 0.717) is 13.2 Å². The third-order valence-corrected chi connectivity index (χ3v) is 2.95. The van der Waals surface area contributed by atoms with Crippen LogP contribution in [0.5, 0.6) is 0 Å². The van der Waals surface area contributed by atoms with Crippen LogP contribution in [0, 0.1) is 5.82 Å². The molecule has 1 saturated heterocycles. The predicted octanol–water partition coefficient (Wildman–Crippen LogP) is 1.80. The maximum absolute atomic E-state index is 13.6. The summed E-state index contributed by atoms with van der Waals surface area (Å²) in [4.78, 5) is 11.7. The van der Waals surface area contributed by atoms with E-state index in [1.807, 2.05) is 0 Å². The first-order valence-corrected chi connectivity index (χ1v) is 6.09. The fourth-order valence-electron chi connectivity index (χ4n) is 1.78. The van der Waals surface area contributed by atoms with E-state index in [0.717, 1.165) is 6.54 Å². The van der Waals surface area contributed by atoms with Gasteiger partial charge < -0.3 is 15.4 Å². The van der Waals surface area contributed by atoms with Gasteiger partial charge in [0.15, 0.2) is 5.82 Å². The second-order valence-corrected chi connectivity index (χ2v) is 4.49. The van der Waals surface area contributed by atoms with Crippen molar-refractivity contribution in [2.24, 2.45) is 0 Å². The summed E-state index contributed by atoms with van der Waals surface area (Å²) in [7, 11) is 0. The van der Waals surface area contributed by atoms with Crippen molar-refractivity contribution in [2.45, 2.75) is 12.5 Å². The van der Waals surface area contributed by atoms with E-state index < -0.39 is 5.82 Å². The second-order valence-electron chi connectivity index (χ2n) is 4.08. The molecule has 1 aliphatic rings. The molecule has 1 amide bonds. The van der Waals surface area contributed by atoms with Crippen LogP contribution < -0.4 is 10.6 Å². The Bertz CT molecular complexity index is 436. The van der Waals surface area contributed by atoms with Gasteiger partial charge in [-0.15, -0.1) is 0 Å². The Hall–Kier alpha value is -1.17. The average molecular weight is 273 g/mol. The van der Waals surface area contributed by atoms with Crippen molar-refractivity contribution in [2.75, 3.05) is 25.1 Å². The number of anilines is 1. The lowest BCUT2D eigenvalue weighted by molar-refractivity contribution is -0.117. The topological polar surface area (TPSA) is 50.4 Å². The van der Waals surface area contributed by atoms with E-state index in [1.54, 1.807) is 6.07 Å². The molecule has 4 nitrogen and oxygen atoms in total. The zero-order valence-corrected chi connectivity index (χ0v) is 10.5. The Kier molecular flexibility index (Phi) is 4.52. The zero-order chi connectivity index (χ0) is 13.0. The number of benzene rings is 1. The Morgan fingerprint density at radius 2 is 2.44 bits per heavy atom. The molecule has 6 heteroatoms. The smallest absolute Gasteiger partial charge is 0.226 e. The Labute approximate surface area is 109 Å². The lowest BCUT2D eigenvalue weighted by Crippen LogP contribution is -2.43. The molecule has 98 valence electrons. The van der Waals surface area contributed by atoms with Crippen LogP contribution in [-0.2, 0) is 9.53 Å². The minimum atomic E-state index is -0.611. The van der Waals surface area contributed by atoms with Gasteiger partial charge >= 0.3 is 0 Å². The van der Waals surface area contributed by atoms with Gasteiger partial charge in [-0.3, -0.25) is 4.79 Å². The monoisotopic (exact) mass is 272 g/mol. The van der Waals surface area contributed by atoms with Gasteiger partial charge in [0.2, 0.25) is 5.91 Å². The van der Waals surface area contributed by atoms with Crippen LogP contribution in [0.4, 0.5) is 10.1 Å². The van der Waals surface area contributed by atoms with E-state index in [9.17, 15) is 9.18 Å². The summed E-state index contributed by atoms with van der Waals surface area (Å²) >= 11 is 5.63. The minimum Gasteiger partial charge on any atom is -0.378 e. The molecule has 0 spiro atoms. The molecule has 0 aliphatic carbocycles. The molecule has 1 aliphatic heterocycles. The van der Waals surface area contributed by atoms with Crippen LogP contribution in [0.1, 0.15) is 6.42 Å². The molecule has 2 rings (SSSR count). The van der Waals surface area contributed by atoms with Gasteiger partial charge in [0, 0.05) is 19.0 Å². The van der Waals surface area contributed by atoms with Crippen molar-refractivity contribution in [3.63, 3.8) is 0 Å². The van der Waals surface area contributed by atoms with Crippen LogP contribution in [0.3, 0.4) is 0 Å². The molecule has 0 radical (unpaired) electrons. The summed E-state index contributed by atoms with van der Waals surface area (Å²) in [5, 5.41) is 5.65. The number of amides is 1. The van der Waals surface area contributed by atoms with Crippen molar-refractivity contribution >= 4 is 23.2 Å². The fraction of sp³-hybridized carbons (Fsp3) is 0.417. The first-order chi connectivity index (χ1) is 8.66. The first-order valence-electron chi connectivity index (χ1n) is 5.72. The summed E-state index contributed by atoms with van der Waals surface area (Å²) in [6, 6.07) is 4.47. The summed E-state index contributed by atoms with van der Waals surface area (Å²) in [5.74, 6) is -0.875. The molecule has 2 N–H and O–H groups in total. The second kappa shape index (κ2) is 6.13. The van der Waals surface area contributed by atoms with Gasteiger partial charge in [0.25, 0.3) is 0 Å². The minimum absolute atomic E-state index is 0.00748. The molecule has 0 bridgehead atoms. The maximum Gasteiger partial charge on any atom is 0.226 e. The number of hydrogen-bond donors (Lipinski definition) is 2. The van der Waals surface area contributed by atoms with Crippen molar-refractivity contribution in [3.05, 3.63) is 29.0 Å². The fourth-order valence-corrected chi connectivity index (χ4v) is 1.95. The van der Waals surface area contributed by atoms with Crippen LogP contribution in [0.2, 0.25) is 5.02 Å². The highest BCUT2D eigenvalue weighted by Gasteiger charge is 2.18. The zero-order valence-electron chi connectivity index (χ0n) is 9.71. The van der Waals surface area contributed by atoms with Crippen LogP contribution >= 0.6 is 11.6 Å². The first kappa shape index (κ1) is 13.3. The molecular weight excluding hydrogens is 259 g/mol. The number of carbonyl (C=O) groups excluding carboxylic acids is 1. The Morgan fingerprint density at radius 3 is 3.17 bits per heavy atom. The molecule has 1 heterocycles.